The topological polar surface area (TPSA) is 60.0 Å². The normalized spacial score (nSPS) is 13.2. The Hall–Kier alpha value is -3.08. The van der Waals surface area contributed by atoms with Crippen LogP contribution in [0.4, 0.5) is 11.6 Å². The zero-order chi connectivity index (χ0) is 14.9. The average Bonchev–Trinajstić information content (AvgIpc) is 2.95. The van der Waals surface area contributed by atoms with Gasteiger partial charge in [0.1, 0.15) is 0 Å². The lowest BCUT2D eigenvalue weighted by Gasteiger charge is -2.25. The van der Waals surface area contributed by atoms with Crippen LogP contribution in [0.2, 0.25) is 0 Å². The predicted molar refractivity (Wildman–Crippen MR) is 87.8 cm³/mol. The summed E-state index contributed by atoms with van der Waals surface area (Å²) in [5, 5.41) is 4.13. The van der Waals surface area contributed by atoms with Gasteiger partial charge in [-0.1, -0.05) is 48.5 Å². The molecular weight excluding hydrogens is 274 g/mol. The van der Waals surface area contributed by atoms with Gasteiger partial charge in [-0.3, -0.25) is 0 Å². The summed E-state index contributed by atoms with van der Waals surface area (Å²) < 4.78 is 1.72. The highest BCUT2D eigenvalue weighted by Gasteiger charge is 2.17. The molecule has 0 unspecified atom stereocenters. The molecule has 4 rings (SSSR count). The van der Waals surface area contributed by atoms with E-state index in [-0.39, 0.29) is 0 Å². The number of fused-ring (bicyclic) bond motifs is 1. The van der Waals surface area contributed by atoms with Gasteiger partial charge in [0, 0.05) is 23.7 Å². The van der Waals surface area contributed by atoms with Crippen molar-refractivity contribution in [3.05, 3.63) is 66.6 Å². The molecule has 3 aromatic rings. The molecule has 0 spiro atoms. The van der Waals surface area contributed by atoms with Crippen LogP contribution >= 0.6 is 0 Å². The van der Waals surface area contributed by atoms with E-state index in [1.807, 2.05) is 24.5 Å². The van der Waals surface area contributed by atoms with Gasteiger partial charge < -0.3 is 10.6 Å². The van der Waals surface area contributed by atoms with Gasteiger partial charge in [-0.05, 0) is 11.6 Å². The van der Waals surface area contributed by atoms with Crippen LogP contribution in [0.1, 0.15) is 5.82 Å². The minimum absolute atomic E-state index is 0.304. The van der Waals surface area contributed by atoms with Crippen LogP contribution in [0.25, 0.3) is 17.3 Å². The van der Waals surface area contributed by atoms with E-state index in [1.165, 1.54) is 11.1 Å². The molecule has 5 nitrogen and oxygen atoms in total. The molecule has 5 heteroatoms. The van der Waals surface area contributed by atoms with Crippen LogP contribution in [0.3, 0.4) is 0 Å². The molecule has 0 atom stereocenters. The smallest absolute Gasteiger partial charge is 0.240 e. The van der Waals surface area contributed by atoms with Crippen LogP contribution in [0.15, 0.2) is 60.8 Å². The van der Waals surface area contributed by atoms with E-state index >= 15 is 0 Å². The fraction of sp³-hybridized carbons (Fsp3) is 0.0588. The summed E-state index contributed by atoms with van der Waals surface area (Å²) in [4.78, 5) is 6.42. The second-order valence-electron chi connectivity index (χ2n) is 5.14. The van der Waals surface area contributed by atoms with Crippen molar-refractivity contribution in [1.82, 2.24) is 14.8 Å². The zero-order valence-electron chi connectivity index (χ0n) is 11.9. The van der Waals surface area contributed by atoms with Crippen molar-refractivity contribution in [2.75, 3.05) is 10.6 Å². The third-order valence-corrected chi connectivity index (χ3v) is 3.72. The second-order valence-corrected chi connectivity index (χ2v) is 5.14. The number of para-hydroxylation sites is 1. The first kappa shape index (κ1) is 12.6. The molecule has 0 radical (unpaired) electrons. The van der Waals surface area contributed by atoms with Gasteiger partial charge >= 0.3 is 0 Å². The van der Waals surface area contributed by atoms with Crippen molar-refractivity contribution < 1.29 is 0 Å². The lowest BCUT2D eigenvalue weighted by Crippen LogP contribution is -2.22. The monoisotopic (exact) mass is 289 g/mol. The summed E-state index contributed by atoms with van der Waals surface area (Å²) in [6.07, 6.45) is 3.88. The SMILES string of the molecule is Nc1nc2n(n1)C=CN(c1ccccc1-c1ccccc1)C2. The van der Waals surface area contributed by atoms with Crippen molar-refractivity contribution in [2.24, 2.45) is 0 Å². The number of benzene rings is 2. The van der Waals surface area contributed by atoms with Crippen LogP contribution in [-0.2, 0) is 6.54 Å². The molecule has 2 heterocycles. The highest BCUT2D eigenvalue weighted by atomic mass is 15.4. The molecule has 0 saturated carbocycles. The molecule has 22 heavy (non-hydrogen) atoms. The van der Waals surface area contributed by atoms with E-state index < -0.39 is 0 Å². The van der Waals surface area contributed by atoms with Crippen LogP contribution < -0.4 is 10.6 Å². The fourth-order valence-electron chi connectivity index (χ4n) is 2.70. The van der Waals surface area contributed by atoms with Gasteiger partial charge in [0.15, 0.2) is 5.82 Å². The van der Waals surface area contributed by atoms with E-state index in [0.29, 0.717) is 12.5 Å². The van der Waals surface area contributed by atoms with Gasteiger partial charge in [0.2, 0.25) is 5.95 Å². The number of hydrogen-bond donors (Lipinski definition) is 1. The average molecular weight is 289 g/mol. The van der Waals surface area contributed by atoms with E-state index in [2.05, 4.69) is 57.4 Å². The Bertz CT molecular complexity index is 835. The summed E-state index contributed by atoms with van der Waals surface area (Å²) >= 11 is 0. The molecule has 2 aromatic carbocycles. The number of rotatable bonds is 2. The minimum atomic E-state index is 0.304. The van der Waals surface area contributed by atoms with Crippen LogP contribution in [0.5, 0.6) is 0 Å². The lowest BCUT2D eigenvalue weighted by molar-refractivity contribution is 0.776. The maximum absolute atomic E-state index is 5.67. The van der Waals surface area contributed by atoms with Gasteiger partial charge in [-0.2, -0.15) is 4.98 Å². The van der Waals surface area contributed by atoms with Crippen molar-refractivity contribution >= 4 is 17.8 Å². The first-order valence-corrected chi connectivity index (χ1v) is 7.11. The highest BCUT2D eigenvalue weighted by Crippen LogP contribution is 2.32. The number of aromatic nitrogens is 3. The third-order valence-electron chi connectivity index (χ3n) is 3.72. The fourth-order valence-corrected chi connectivity index (χ4v) is 2.70. The number of nitrogens with zero attached hydrogens (tertiary/aromatic N) is 4. The van der Waals surface area contributed by atoms with Gasteiger partial charge in [0.05, 0.1) is 6.54 Å². The molecule has 108 valence electrons. The van der Waals surface area contributed by atoms with Gasteiger partial charge in [-0.15, -0.1) is 5.10 Å². The van der Waals surface area contributed by atoms with Crippen molar-refractivity contribution in [2.45, 2.75) is 6.54 Å². The largest absolute Gasteiger partial charge is 0.366 e. The molecule has 0 bridgehead atoms. The molecule has 1 aliphatic rings. The molecule has 0 amide bonds. The maximum atomic E-state index is 5.67. The maximum Gasteiger partial charge on any atom is 0.240 e. The Balaban J connectivity index is 1.75. The van der Waals surface area contributed by atoms with Crippen LogP contribution in [0, 0.1) is 0 Å². The first-order valence-electron chi connectivity index (χ1n) is 7.11. The Labute approximate surface area is 128 Å². The summed E-state index contributed by atoms with van der Waals surface area (Å²) in [6.45, 7) is 0.643. The first-order chi connectivity index (χ1) is 10.8. The van der Waals surface area contributed by atoms with Crippen LogP contribution in [-0.4, -0.2) is 14.8 Å². The van der Waals surface area contributed by atoms with Crippen molar-refractivity contribution in [3.63, 3.8) is 0 Å². The van der Waals surface area contributed by atoms with E-state index in [1.54, 1.807) is 4.68 Å². The van der Waals surface area contributed by atoms with Crippen molar-refractivity contribution in [1.29, 1.82) is 0 Å². The van der Waals surface area contributed by atoms with E-state index in [4.69, 9.17) is 5.73 Å². The van der Waals surface area contributed by atoms with Crippen molar-refractivity contribution in [3.8, 4) is 11.1 Å². The van der Waals surface area contributed by atoms with Gasteiger partial charge in [-0.25, -0.2) is 4.68 Å². The van der Waals surface area contributed by atoms with Gasteiger partial charge in [0.25, 0.3) is 0 Å². The Kier molecular flexibility index (Phi) is 2.89. The molecule has 1 aromatic heterocycles. The number of nitrogens with two attached hydrogens (primary N) is 1. The van der Waals surface area contributed by atoms with E-state index in [0.717, 1.165) is 11.5 Å². The summed E-state index contributed by atoms with van der Waals surface area (Å²) in [5.41, 5.74) is 9.19. The highest BCUT2D eigenvalue weighted by molar-refractivity contribution is 5.79. The molecule has 2 N–H and O–H groups in total. The summed E-state index contributed by atoms with van der Waals surface area (Å²) in [6, 6.07) is 18.7. The second kappa shape index (κ2) is 5.04. The minimum Gasteiger partial charge on any atom is -0.366 e. The Morgan fingerprint density at radius 1 is 0.909 bits per heavy atom. The number of hydrogen-bond acceptors (Lipinski definition) is 4. The zero-order valence-corrected chi connectivity index (χ0v) is 11.9. The Morgan fingerprint density at radius 3 is 2.55 bits per heavy atom. The Morgan fingerprint density at radius 2 is 1.68 bits per heavy atom. The molecular formula is C17H15N5. The standard InChI is InChI=1S/C17H15N5/c18-17-19-16-12-21(10-11-22(16)20-17)15-9-5-4-8-14(15)13-6-2-1-3-7-13/h1-11H,12H2,(H2,18,20). The third kappa shape index (κ3) is 2.13. The quantitative estimate of drug-likeness (QED) is 0.788. The lowest BCUT2D eigenvalue weighted by atomic mass is 10.0. The van der Waals surface area contributed by atoms with E-state index in [9.17, 15) is 0 Å². The number of anilines is 2. The molecule has 0 saturated heterocycles. The molecule has 0 fully saturated rings. The molecule has 1 aliphatic heterocycles. The predicted octanol–water partition coefficient (Wildman–Crippen LogP) is 2.98. The number of nitrogen functional groups attached to an aromatic ring is 1. The summed E-state index contributed by atoms with van der Waals surface area (Å²) in [7, 11) is 0. The summed E-state index contributed by atoms with van der Waals surface area (Å²) in [5.74, 6) is 1.14. The molecule has 0 aliphatic carbocycles.